The molecule has 29 heavy (non-hydrogen) atoms. The Morgan fingerprint density at radius 1 is 1.10 bits per heavy atom. The second-order valence-corrected chi connectivity index (χ2v) is 8.01. The van der Waals surface area contributed by atoms with E-state index >= 15 is 0 Å². The maximum absolute atomic E-state index is 13.0. The summed E-state index contributed by atoms with van der Waals surface area (Å²) in [4.78, 5) is 32.2. The zero-order chi connectivity index (χ0) is 20.5. The normalized spacial score (nSPS) is 16.2. The number of carbonyl (C=O) groups excluding carboxylic acids is 2. The SMILES string of the molecule is Cc1ccc2cccc(NC(=O)C3CCCN3C(=O)c3cc(Cl)cc(Cl)c3)c2n1. The summed E-state index contributed by atoms with van der Waals surface area (Å²) in [6.07, 6.45) is 1.36. The van der Waals surface area contributed by atoms with E-state index in [1.165, 1.54) is 0 Å². The third kappa shape index (κ3) is 4.07. The van der Waals surface area contributed by atoms with Gasteiger partial charge in [-0.1, -0.05) is 41.4 Å². The predicted octanol–water partition coefficient (Wildman–Crippen LogP) is 5.09. The summed E-state index contributed by atoms with van der Waals surface area (Å²) >= 11 is 12.1. The van der Waals surface area contributed by atoms with Gasteiger partial charge in [0.1, 0.15) is 6.04 Å². The quantitative estimate of drug-likeness (QED) is 0.632. The molecule has 2 heterocycles. The molecule has 3 aromatic rings. The molecule has 1 aromatic heterocycles. The van der Waals surface area contributed by atoms with Crippen molar-refractivity contribution in [2.75, 3.05) is 11.9 Å². The topological polar surface area (TPSA) is 62.3 Å². The van der Waals surface area contributed by atoms with E-state index in [0.29, 0.717) is 34.3 Å². The van der Waals surface area contributed by atoms with Crippen molar-refractivity contribution in [3.63, 3.8) is 0 Å². The predicted molar refractivity (Wildman–Crippen MR) is 116 cm³/mol. The lowest BCUT2D eigenvalue weighted by Crippen LogP contribution is -2.43. The Balaban J connectivity index is 1.58. The van der Waals surface area contributed by atoms with E-state index in [2.05, 4.69) is 10.3 Å². The number of aromatic nitrogens is 1. The van der Waals surface area contributed by atoms with Gasteiger partial charge in [0.2, 0.25) is 5.91 Å². The Morgan fingerprint density at radius 3 is 2.62 bits per heavy atom. The van der Waals surface area contributed by atoms with Crippen molar-refractivity contribution in [2.24, 2.45) is 0 Å². The van der Waals surface area contributed by atoms with Gasteiger partial charge in [0.25, 0.3) is 5.91 Å². The summed E-state index contributed by atoms with van der Waals surface area (Å²) in [5.41, 5.74) is 2.62. The zero-order valence-corrected chi connectivity index (χ0v) is 17.3. The molecule has 0 bridgehead atoms. The maximum atomic E-state index is 13.0. The highest BCUT2D eigenvalue weighted by Crippen LogP contribution is 2.27. The number of para-hydroxylation sites is 1. The van der Waals surface area contributed by atoms with Crippen LogP contribution < -0.4 is 5.32 Å². The standard InChI is InChI=1S/C22H19Cl2N3O2/c1-13-7-8-14-4-2-5-18(20(14)25-13)26-21(28)19-6-3-9-27(19)22(29)15-10-16(23)12-17(24)11-15/h2,4-5,7-8,10-12,19H,3,6,9H2,1H3,(H,26,28). The van der Waals surface area contributed by atoms with Crippen molar-refractivity contribution in [3.8, 4) is 0 Å². The molecule has 1 saturated heterocycles. The molecule has 1 aliphatic heterocycles. The Bertz CT molecular complexity index is 1100. The van der Waals surface area contributed by atoms with Gasteiger partial charge in [-0.05, 0) is 50.1 Å². The maximum Gasteiger partial charge on any atom is 0.254 e. The van der Waals surface area contributed by atoms with Gasteiger partial charge < -0.3 is 10.2 Å². The van der Waals surface area contributed by atoms with Crippen LogP contribution >= 0.6 is 23.2 Å². The first-order chi connectivity index (χ1) is 13.9. The van der Waals surface area contributed by atoms with E-state index in [-0.39, 0.29) is 11.8 Å². The van der Waals surface area contributed by atoms with Gasteiger partial charge in [0, 0.05) is 33.2 Å². The minimum absolute atomic E-state index is 0.222. The highest BCUT2D eigenvalue weighted by Gasteiger charge is 2.35. The first kappa shape index (κ1) is 19.7. The van der Waals surface area contributed by atoms with Crippen molar-refractivity contribution in [1.29, 1.82) is 0 Å². The van der Waals surface area contributed by atoms with E-state index in [1.54, 1.807) is 23.1 Å². The van der Waals surface area contributed by atoms with Crippen molar-refractivity contribution in [1.82, 2.24) is 9.88 Å². The van der Waals surface area contributed by atoms with Crippen molar-refractivity contribution in [2.45, 2.75) is 25.8 Å². The van der Waals surface area contributed by atoms with Gasteiger partial charge in [-0.25, -0.2) is 0 Å². The lowest BCUT2D eigenvalue weighted by atomic mass is 10.1. The van der Waals surface area contributed by atoms with Gasteiger partial charge in [-0.2, -0.15) is 0 Å². The number of benzene rings is 2. The largest absolute Gasteiger partial charge is 0.327 e. The lowest BCUT2D eigenvalue weighted by Gasteiger charge is -2.24. The van der Waals surface area contributed by atoms with Gasteiger partial charge in [0.15, 0.2) is 0 Å². The number of hydrogen-bond donors (Lipinski definition) is 1. The molecule has 1 atom stereocenters. The minimum Gasteiger partial charge on any atom is -0.327 e. The number of nitrogens with zero attached hydrogens (tertiary/aromatic N) is 2. The Hall–Kier alpha value is -2.63. The first-order valence-corrected chi connectivity index (χ1v) is 10.1. The first-order valence-electron chi connectivity index (χ1n) is 9.37. The van der Waals surface area contributed by atoms with Gasteiger partial charge in [-0.3, -0.25) is 14.6 Å². The smallest absolute Gasteiger partial charge is 0.254 e. The summed E-state index contributed by atoms with van der Waals surface area (Å²) in [5.74, 6) is -0.473. The number of likely N-dealkylation sites (tertiary alicyclic amines) is 1. The minimum atomic E-state index is -0.555. The monoisotopic (exact) mass is 427 g/mol. The summed E-state index contributed by atoms with van der Waals surface area (Å²) in [7, 11) is 0. The fourth-order valence-electron chi connectivity index (χ4n) is 3.69. The van der Waals surface area contributed by atoms with Crippen LogP contribution in [0.15, 0.2) is 48.5 Å². The molecule has 0 spiro atoms. The van der Waals surface area contributed by atoms with Gasteiger partial charge in [0.05, 0.1) is 11.2 Å². The van der Waals surface area contributed by atoms with Crippen molar-refractivity contribution in [3.05, 3.63) is 69.8 Å². The molecule has 4 rings (SSSR count). The second kappa shape index (κ2) is 8.01. The molecule has 1 N–H and O–H groups in total. The molecule has 1 aliphatic rings. The average Bonchev–Trinajstić information content (AvgIpc) is 3.17. The molecule has 7 heteroatoms. The van der Waals surface area contributed by atoms with Crippen LogP contribution in [-0.4, -0.2) is 34.3 Å². The third-order valence-corrected chi connectivity index (χ3v) is 5.48. The summed E-state index contributed by atoms with van der Waals surface area (Å²) < 4.78 is 0. The number of carbonyl (C=O) groups is 2. The number of pyridine rings is 1. The van der Waals surface area contributed by atoms with Crippen LogP contribution in [-0.2, 0) is 4.79 Å². The fraction of sp³-hybridized carbons (Fsp3) is 0.227. The van der Waals surface area contributed by atoms with Crippen molar-refractivity contribution < 1.29 is 9.59 Å². The van der Waals surface area contributed by atoms with Crippen LogP contribution in [0.4, 0.5) is 5.69 Å². The Labute approximate surface area is 178 Å². The molecule has 0 radical (unpaired) electrons. The number of anilines is 1. The number of amides is 2. The zero-order valence-electron chi connectivity index (χ0n) is 15.8. The van der Waals surface area contributed by atoms with Crippen LogP contribution in [0, 0.1) is 6.92 Å². The second-order valence-electron chi connectivity index (χ2n) is 7.13. The highest BCUT2D eigenvalue weighted by atomic mass is 35.5. The van der Waals surface area contributed by atoms with Crippen LogP contribution in [0.1, 0.15) is 28.9 Å². The molecule has 1 fully saturated rings. The molecule has 1 unspecified atom stereocenters. The number of hydrogen-bond acceptors (Lipinski definition) is 3. The molecule has 0 aliphatic carbocycles. The molecular formula is C22H19Cl2N3O2. The summed E-state index contributed by atoms with van der Waals surface area (Å²) in [5, 5.41) is 4.69. The van der Waals surface area contributed by atoms with Gasteiger partial charge in [-0.15, -0.1) is 0 Å². The van der Waals surface area contributed by atoms with Crippen molar-refractivity contribution >= 4 is 51.6 Å². The van der Waals surface area contributed by atoms with Crippen LogP contribution in [0.3, 0.4) is 0 Å². The molecule has 2 amide bonds. The molecular weight excluding hydrogens is 409 g/mol. The van der Waals surface area contributed by atoms with E-state index in [1.807, 2.05) is 37.3 Å². The molecule has 148 valence electrons. The molecule has 2 aromatic carbocycles. The van der Waals surface area contributed by atoms with Crippen LogP contribution in [0.25, 0.3) is 10.9 Å². The number of nitrogens with one attached hydrogen (secondary N) is 1. The van der Waals surface area contributed by atoms with E-state index < -0.39 is 6.04 Å². The van der Waals surface area contributed by atoms with Crippen LogP contribution in [0.2, 0.25) is 10.0 Å². The fourth-order valence-corrected chi connectivity index (χ4v) is 4.21. The Kier molecular flexibility index (Phi) is 5.43. The van der Waals surface area contributed by atoms with E-state index in [9.17, 15) is 9.59 Å². The van der Waals surface area contributed by atoms with Gasteiger partial charge >= 0.3 is 0 Å². The number of halogens is 2. The van der Waals surface area contributed by atoms with Crippen LogP contribution in [0.5, 0.6) is 0 Å². The summed E-state index contributed by atoms with van der Waals surface area (Å²) in [6.45, 7) is 2.42. The third-order valence-electron chi connectivity index (χ3n) is 5.04. The average molecular weight is 428 g/mol. The highest BCUT2D eigenvalue weighted by molar-refractivity contribution is 6.35. The summed E-state index contributed by atoms with van der Waals surface area (Å²) in [6, 6.07) is 13.7. The molecule has 0 saturated carbocycles. The number of rotatable bonds is 3. The number of fused-ring (bicyclic) bond motifs is 1. The van der Waals surface area contributed by atoms with E-state index in [4.69, 9.17) is 23.2 Å². The number of aryl methyl sites for hydroxylation is 1. The van der Waals surface area contributed by atoms with E-state index in [0.717, 1.165) is 23.0 Å². The molecule has 5 nitrogen and oxygen atoms in total. The Morgan fingerprint density at radius 2 is 1.86 bits per heavy atom. The lowest BCUT2D eigenvalue weighted by molar-refractivity contribution is -0.119.